The molecule has 1 atom stereocenters. The molecule has 1 nitrogen and oxygen atoms in total. The third kappa shape index (κ3) is 2.19. The highest BCUT2D eigenvalue weighted by atomic mass is 16.3. The Bertz CT molecular complexity index is 179. The molecule has 1 aliphatic rings. The van der Waals surface area contributed by atoms with Gasteiger partial charge in [-0.2, -0.15) is 0 Å². The van der Waals surface area contributed by atoms with Gasteiger partial charge in [-0.25, -0.2) is 0 Å². The van der Waals surface area contributed by atoms with Crippen LogP contribution in [0, 0.1) is 5.92 Å². The second-order valence-electron chi connectivity index (χ2n) is 3.35. The molecule has 0 saturated heterocycles. The molecule has 0 aliphatic heterocycles. The van der Waals surface area contributed by atoms with Crippen molar-refractivity contribution in [1.29, 1.82) is 0 Å². The predicted octanol–water partition coefficient (Wildman–Crippen LogP) is 2.28. The van der Waals surface area contributed by atoms with Crippen molar-refractivity contribution < 1.29 is 5.11 Å². The zero-order valence-electron chi connectivity index (χ0n) is 7.14. The van der Waals surface area contributed by atoms with E-state index < -0.39 is 0 Å². The lowest BCUT2D eigenvalue weighted by Crippen LogP contribution is -2.09. The van der Waals surface area contributed by atoms with Gasteiger partial charge in [-0.05, 0) is 37.7 Å². The Kier molecular flexibility index (Phi) is 2.89. The SMILES string of the molecule is C=C(C)C1CCC=C(CO)C1. The molecule has 11 heavy (non-hydrogen) atoms. The van der Waals surface area contributed by atoms with Gasteiger partial charge in [-0.3, -0.25) is 0 Å². The molecule has 0 aromatic carbocycles. The van der Waals surface area contributed by atoms with Crippen molar-refractivity contribution in [3.8, 4) is 0 Å². The minimum absolute atomic E-state index is 0.226. The van der Waals surface area contributed by atoms with Crippen LogP contribution in [0.25, 0.3) is 0 Å². The summed E-state index contributed by atoms with van der Waals surface area (Å²) < 4.78 is 0. The van der Waals surface area contributed by atoms with Crippen LogP contribution in [0.5, 0.6) is 0 Å². The average Bonchev–Trinajstić information content (AvgIpc) is 2.05. The van der Waals surface area contributed by atoms with Crippen molar-refractivity contribution in [2.45, 2.75) is 26.2 Å². The molecule has 0 aromatic rings. The van der Waals surface area contributed by atoms with Crippen LogP contribution in [-0.2, 0) is 0 Å². The highest BCUT2D eigenvalue weighted by Gasteiger charge is 2.14. The molecule has 0 bridgehead atoms. The van der Waals surface area contributed by atoms with Gasteiger partial charge in [0.1, 0.15) is 0 Å². The first-order valence-electron chi connectivity index (χ1n) is 4.18. The van der Waals surface area contributed by atoms with Crippen LogP contribution in [0.3, 0.4) is 0 Å². The largest absolute Gasteiger partial charge is 0.392 e. The summed E-state index contributed by atoms with van der Waals surface area (Å²) in [6.45, 7) is 6.24. The molecule has 0 saturated carbocycles. The number of allylic oxidation sites excluding steroid dienone is 2. The summed E-state index contributed by atoms with van der Waals surface area (Å²) in [5.74, 6) is 0.613. The van der Waals surface area contributed by atoms with Crippen molar-refractivity contribution in [3.05, 3.63) is 23.8 Å². The lowest BCUT2D eigenvalue weighted by molar-refractivity contribution is 0.316. The summed E-state index contributed by atoms with van der Waals surface area (Å²) in [5, 5.41) is 8.89. The van der Waals surface area contributed by atoms with E-state index >= 15 is 0 Å². The van der Waals surface area contributed by atoms with E-state index in [1.165, 1.54) is 17.6 Å². The molecule has 1 aliphatic carbocycles. The molecule has 0 aromatic heterocycles. The van der Waals surface area contributed by atoms with Crippen LogP contribution < -0.4 is 0 Å². The third-order valence-corrected chi connectivity index (χ3v) is 2.36. The molecule has 62 valence electrons. The normalized spacial score (nSPS) is 24.5. The van der Waals surface area contributed by atoms with Gasteiger partial charge < -0.3 is 5.11 Å². The minimum atomic E-state index is 0.226. The zero-order valence-corrected chi connectivity index (χ0v) is 7.14. The Hall–Kier alpha value is -0.560. The van der Waals surface area contributed by atoms with Gasteiger partial charge in [-0.1, -0.05) is 18.2 Å². The van der Waals surface area contributed by atoms with Crippen molar-refractivity contribution >= 4 is 0 Å². The molecule has 1 unspecified atom stereocenters. The summed E-state index contributed by atoms with van der Waals surface area (Å²) in [7, 11) is 0. The fraction of sp³-hybridized carbons (Fsp3) is 0.600. The van der Waals surface area contributed by atoms with Crippen LogP contribution >= 0.6 is 0 Å². The highest BCUT2D eigenvalue weighted by molar-refractivity contribution is 5.12. The van der Waals surface area contributed by atoms with Gasteiger partial charge >= 0.3 is 0 Å². The topological polar surface area (TPSA) is 20.2 Å². The first-order valence-corrected chi connectivity index (χ1v) is 4.18. The monoisotopic (exact) mass is 152 g/mol. The number of aliphatic hydroxyl groups excluding tert-OH is 1. The number of hydrogen-bond donors (Lipinski definition) is 1. The number of rotatable bonds is 2. The summed E-state index contributed by atoms with van der Waals surface area (Å²) in [5.41, 5.74) is 2.44. The lowest BCUT2D eigenvalue weighted by Gasteiger charge is -2.21. The minimum Gasteiger partial charge on any atom is -0.392 e. The van der Waals surface area contributed by atoms with Gasteiger partial charge in [0.2, 0.25) is 0 Å². The average molecular weight is 152 g/mol. The Balaban J connectivity index is 2.53. The van der Waals surface area contributed by atoms with E-state index in [0.717, 1.165) is 12.8 Å². The van der Waals surface area contributed by atoms with Crippen LogP contribution in [-0.4, -0.2) is 11.7 Å². The van der Waals surface area contributed by atoms with Gasteiger partial charge in [-0.15, -0.1) is 0 Å². The second-order valence-corrected chi connectivity index (χ2v) is 3.35. The van der Waals surface area contributed by atoms with E-state index in [9.17, 15) is 0 Å². The second kappa shape index (κ2) is 3.72. The summed E-state index contributed by atoms with van der Waals surface area (Å²) >= 11 is 0. The standard InChI is InChI=1S/C10H16O/c1-8(2)10-5-3-4-9(6-10)7-11/h4,10-11H,1,3,5-7H2,2H3. The molecule has 0 amide bonds. The van der Waals surface area contributed by atoms with Crippen LogP contribution in [0.4, 0.5) is 0 Å². The maximum Gasteiger partial charge on any atom is 0.0641 e. The molecule has 0 heterocycles. The fourth-order valence-corrected chi connectivity index (χ4v) is 1.54. The van der Waals surface area contributed by atoms with Gasteiger partial charge in [0.05, 0.1) is 6.61 Å². The van der Waals surface area contributed by atoms with E-state index in [1.54, 1.807) is 0 Å². The summed E-state index contributed by atoms with van der Waals surface area (Å²) in [6.07, 6.45) is 5.48. The van der Waals surface area contributed by atoms with Crippen molar-refractivity contribution in [1.82, 2.24) is 0 Å². The van der Waals surface area contributed by atoms with E-state index in [4.69, 9.17) is 5.11 Å². The van der Waals surface area contributed by atoms with Crippen molar-refractivity contribution in [3.63, 3.8) is 0 Å². The fourth-order valence-electron chi connectivity index (χ4n) is 1.54. The van der Waals surface area contributed by atoms with E-state index in [0.29, 0.717) is 5.92 Å². The summed E-state index contributed by atoms with van der Waals surface area (Å²) in [6, 6.07) is 0. The third-order valence-electron chi connectivity index (χ3n) is 2.36. The van der Waals surface area contributed by atoms with E-state index in [1.807, 2.05) is 0 Å². The smallest absolute Gasteiger partial charge is 0.0641 e. The maximum absolute atomic E-state index is 8.89. The number of hydrogen-bond acceptors (Lipinski definition) is 1. The molecule has 0 radical (unpaired) electrons. The Morgan fingerprint density at radius 1 is 1.82 bits per heavy atom. The molecular weight excluding hydrogens is 136 g/mol. The molecular formula is C10H16O. The van der Waals surface area contributed by atoms with Crippen LogP contribution in [0.1, 0.15) is 26.2 Å². The lowest BCUT2D eigenvalue weighted by atomic mass is 9.85. The molecule has 1 rings (SSSR count). The van der Waals surface area contributed by atoms with Crippen molar-refractivity contribution in [2.24, 2.45) is 5.92 Å². The maximum atomic E-state index is 8.89. The first-order chi connectivity index (χ1) is 5.24. The van der Waals surface area contributed by atoms with Crippen LogP contribution in [0.15, 0.2) is 23.8 Å². The molecule has 1 N–H and O–H groups in total. The molecule has 0 fully saturated rings. The first kappa shape index (κ1) is 8.54. The van der Waals surface area contributed by atoms with Crippen LogP contribution in [0.2, 0.25) is 0 Å². The predicted molar refractivity (Wildman–Crippen MR) is 47.3 cm³/mol. The zero-order chi connectivity index (χ0) is 8.27. The Morgan fingerprint density at radius 2 is 2.55 bits per heavy atom. The Labute approximate surface area is 68.4 Å². The van der Waals surface area contributed by atoms with E-state index in [2.05, 4.69) is 19.6 Å². The van der Waals surface area contributed by atoms with E-state index in [-0.39, 0.29) is 6.61 Å². The molecule has 1 heteroatoms. The number of aliphatic hydroxyl groups is 1. The quantitative estimate of drug-likeness (QED) is 0.602. The van der Waals surface area contributed by atoms with Crippen molar-refractivity contribution in [2.75, 3.05) is 6.61 Å². The molecule has 0 spiro atoms. The van der Waals surface area contributed by atoms with Gasteiger partial charge in [0.25, 0.3) is 0 Å². The highest BCUT2D eigenvalue weighted by Crippen LogP contribution is 2.28. The van der Waals surface area contributed by atoms with Gasteiger partial charge in [0, 0.05) is 0 Å². The summed E-state index contributed by atoms with van der Waals surface area (Å²) in [4.78, 5) is 0. The van der Waals surface area contributed by atoms with Gasteiger partial charge in [0.15, 0.2) is 0 Å². The Morgan fingerprint density at radius 3 is 3.09 bits per heavy atom.